The minimum atomic E-state index is -0.889. The SMILES string of the molecule is N#Cc1nccc(N[C@H](C(=O)O)C2CC2)n1. The first kappa shape index (κ1) is 10.4. The number of carboxylic acids is 1. The van der Waals surface area contributed by atoms with Crippen LogP contribution in [0.3, 0.4) is 0 Å². The van der Waals surface area contributed by atoms with Crippen LogP contribution in [0.15, 0.2) is 12.3 Å². The predicted molar refractivity (Wildman–Crippen MR) is 54.5 cm³/mol. The molecular weight excluding hydrogens is 208 g/mol. The quantitative estimate of drug-likeness (QED) is 0.768. The Bertz CT molecular complexity index is 450. The van der Waals surface area contributed by atoms with Gasteiger partial charge in [0, 0.05) is 6.20 Å². The molecule has 0 bridgehead atoms. The number of carboxylic acid groups (broad SMARTS) is 1. The summed E-state index contributed by atoms with van der Waals surface area (Å²) in [4.78, 5) is 18.6. The molecule has 1 heterocycles. The van der Waals surface area contributed by atoms with E-state index in [-0.39, 0.29) is 11.7 Å². The molecule has 1 atom stereocenters. The van der Waals surface area contributed by atoms with E-state index < -0.39 is 12.0 Å². The maximum atomic E-state index is 11.0. The lowest BCUT2D eigenvalue weighted by atomic mass is 10.2. The molecule has 1 aromatic rings. The van der Waals surface area contributed by atoms with Crippen molar-refractivity contribution in [2.24, 2.45) is 5.92 Å². The topological polar surface area (TPSA) is 98.9 Å². The summed E-state index contributed by atoms with van der Waals surface area (Å²) in [5.41, 5.74) is 0. The highest BCUT2D eigenvalue weighted by molar-refractivity contribution is 5.77. The molecule has 2 N–H and O–H groups in total. The first-order valence-corrected chi connectivity index (χ1v) is 4.93. The normalized spacial score (nSPS) is 16.2. The smallest absolute Gasteiger partial charge is 0.326 e. The largest absolute Gasteiger partial charge is 0.480 e. The van der Waals surface area contributed by atoms with Gasteiger partial charge in [-0.3, -0.25) is 0 Å². The van der Waals surface area contributed by atoms with Gasteiger partial charge in [-0.1, -0.05) is 0 Å². The van der Waals surface area contributed by atoms with Gasteiger partial charge in [-0.15, -0.1) is 0 Å². The highest BCUT2D eigenvalue weighted by Crippen LogP contribution is 2.34. The van der Waals surface area contributed by atoms with Crippen LogP contribution in [-0.4, -0.2) is 27.1 Å². The van der Waals surface area contributed by atoms with Crippen LogP contribution in [0.5, 0.6) is 0 Å². The van der Waals surface area contributed by atoms with E-state index >= 15 is 0 Å². The Morgan fingerprint density at radius 3 is 3.00 bits per heavy atom. The Labute approximate surface area is 92.0 Å². The monoisotopic (exact) mass is 218 g/mol. The van der Waals surface area contributed by atoms with Crippen molar-refractivity contribution >= 4 is 11.8 Å². The van der Waals surface area contributed by atoms with E-state index in [4.69, 9.17) is 10.4 Å². The van der Waals surface area contributed by atoms with E-state index in [1.165, 1.54) is 6.20 Å². The summed E-state index contributed by atoms with van der Waals surface area (Å²) in [6, 6.07) is 2.74. The minimum absolute atomic E-state index is 0.0323. The first-order chi connectivity index (χ1) is 7.70. The summed E-state index contributed by atoms with van der Waals surface area (Å²) < 4.78 is 0. The minimum Gasteiger partial charge on any atom is -0.480 e. The van der Waals surface area contributed by atoms with Crippen LogP contribution in [0.4, 0.5) is 5.82 Å². The average Bonchev–Trinajstić information content (AvgIpc) is 3.10. The van der Waals surface area contributed by atoms with Gasteiger partial charge in [-0.05, 0) is 24.8 Å². The molecular formula is C10H10N4O2. The summed E-state index contributed by atoms with van der Waals surface area (Å²) in [5.74, 6) is -0.312. The van der Waals surface area contributed by atoms with E-state index in [0.29, 0.717) is 5.82 Å². The van der Waals surface area contributed by atoms with Crippen molar-refractivity contribution in [1.82, 2.24) is 9.97 Å². The Morgan fingerprint density at radius 1 is 1.69 bits per heavy atom. The van der Waals surface area contributed by atoms with Crippen molar-refractivity contribution in [3.8, 4) is 6.07 Å². The second kappa shape index (κ2) is 4.14. The Balaban J connectivity index is 2.12. The summed E-state index contributed by atoms with van der Waals surface area (Å²) in [5, 5.41) is 20.4. The highest BCUT2D eigenvalue weighted by atomic mass is 16.4. The van der Waals surface area contributed by atoms with Gasteiger partial charge in [-0.25, -0.2) is 14.8 Å². The molecule has 1 fully saturated rings. The molecule has 1 aromatic heterocycles. The van der Waals surface area contributed by atoms with Crippen molar-refractivity contribution in [2.75, 3.05) is 5.32 Å². The first-order valence-electron chi connectivity index (χ1n) is 4.93. The molecule has 82 valence electrons. The van der Waals surface area contributed by atoms with Crippen molar-refractivity contribution in [3.63, 3.8) is 0 Å². The molecule has 16 heavy (non-hydrogen) atoms. The van der Waals surface area contributed by atoms with Gasteiger partial charge in [0.15, 0.2) is 0 Å². The summed E-state index contributed by atoms with van der Waals surface area (Å²) >= 11 is 0. The van der Waals surface area contributed by atoms with E-state index in [1.54, 1.807) is 12.1 Å². The standard InChI is InChI=1S/C10H10N4O2/c11-5-8-12-4-3-7(13-8)14-9(10(15)16)6-1-2-6/h3-4,6,9H,1-2H2,(H,15,16)(H,12,13,14)/t9-/m0/s1. The van der Waals surface area contributed by atoms with Crippen molar-refractivity contribution in [1.29, 1.82) is 5.26 Å². The number of aliphatic carboxylic acids is 1. The number of hydrogen-bond acceptors (Lipinski definition) is 5. The highest BCUT2D eigenvalue weighted by Gasteiger charge is 2.36. The van der Waals surface area contributed by atoms with Crippen LogP contribution in [0, 0.1) is 17.2 Å². The zero-order valence-electron chi connectivity index (χ0n) is 8.42. The van der Waals surface area contributed by atoms with Crippen LogP contribution >= 0.6 is 0 Å². The third-order valence-corrected chi connectivity index (χ3v) is 2.42. The van der Waals surface area contributed by atoms with Gasteiger partial charge in [0.05, 0.1) is 0 Å². The number of carbonyl (C=O) groups is 1. The van der Waals surface area contributed by atoms with E-state index in [9.17, 15) is 4.79 Å². The maximum absolute atomic E-state index is 11.0. The zero-order valence-corrected chi connectivity index (χ0v) is 8.42. The summed E-state index contributed by atoms with van der Waals surface area (Å²) in [6.07, 6.45) is 3.26. The molecule has 6 nitrogen and oxygen atoms in total. The fraction of sp³-hybridized carbons (Fsp3) is 0.400. The molecule has 0 amide bonds. The number of hydrogen-bond donors (Lipinski definition) is 2. The molecule has 2 rings (SSSR count). The maximum Gasteiger partial charge on any atom is 0.326 e. The van der Waals surface area contributed by atoms with E-state index in [1.807, 2.05) is 0 Å². The van der Waals surface area contributed by atoms with Crippen LogP contribution < -0.4 is 5.32 Å². The fourth-order valence-corrected chi connectivity index (χ4v) is 1.46. The van der Waals surface area contributed by atoms with Gasteiger partial charge >= 0.3 is 5.97 Å². The summed E-state index contributed by atoms with van der Waals surface area (Å²) in [6.45, 7) is 0. The van der Waals surface area contributed by atoms with Gasteiger partial charge in [0.25, 0.3) is 0 Å². The molecule has 0 saturated heterocycles. The number of anilines is 1. The molecule has 0 spiro atoms. The van der Waals surface area contributed by atoms with Crippen molar-refractivity contribution < 1.29 is 9.90 Å². The van der Waals surface area contributed by atoms with Crippen molar-refractivity contribution in [2.45, 2.75) is 18.9 Å². The third-order valence-electron chi connectivity index (χ3n) is 2.42. The second-order valence-corrected chi connectivity index (χ2v) is 3.67. The zero-order chi connectivity index (χ0) is 11.5. The molecule has 0 aliphatic heterocycles. The molecule has 0 radical (unpaired) electrons. The summed E-state index contributed by atoms with van der Waals surface area (Å²) in [7, 11) is 0. The number of aromatic nitrogens is 2. The third kappa shape index (κ3) is 2.25. The van der Waals surface area contributed by atoms with Crippen LogP contribution in [-0.2, 0) is 4.79 Å². The fourth-order valence-electron chi connectivity index (χ4n) is 1.46. The number of rotatable bonds is 4. The average molecular weight is 218 g/mol. The van der Waals surface area contributed by atoms with Gasteiger partial charge in [0.2, 0.25) is 5.82 Å². The van der Waals surface area contributed by atoms with Crippen LogP contribution in [0.2, 0.25) is 0 Å². The number of nitrogens with one attached hydrogen (secondary N) is 1. The molecule has 0 unspecified atom stereocenters. The predicted octanol–water partition coefficient (Wildman–Crippen LogP) is 0.623. The Morgan fingerprint density at radius 2 is 2.44 bits per heavy atom. The van der Waals surface area contributed by atoms with E-state index in [0.717, 1.165) is 12.8 Å². The van der Waals surface area contributed by atoms with Crippen LogP contribution in [0.25, 0.3) is 0 Å². The Hall–Kier alpha value is -2.16. The lowest BCUT2D eigenvalue weighted by Crippen LogP contribution is -2.31. The van der Waals surface area contributed by atoms with Gasteiger partial charge in [0.1, 0.15) is 17.9 Å². The molecule has 0 aromatic carbocycles. The lowest BCUT2D eigenvalue weighted by molar-refractivity contribution is -0.138. The molecule has 1 aliphatic rings. The lowest BCUT2D eigenvalue weighted by Gasteiger charge is -2.13. The van der Waals surface area contributed by atoms with Gasteiger partial charge in [-0.2, -0.15) is 5.26 Å². The van der Waals surface area contributed by atoms with Crippen molar-refractivity contribution in [3.05, 3.63) is 18.1 Å². The van der Waals surface area contributed by atoms with E-state index in [2.05, 4.69) is 15.3 Å². The number of nitriles is 1. The molecule has 1 aliphatic carbocycles. The molecule has 1 saturated carbocycles. The van der Waals surface area contributed by atoms with Crippen LogP contribution in [0.1, 0.15) is 18.7 Å². The van der Waals surface area contributed by atoms with Gasteiger partial charge < -0.3 is 10.4 Å². The Kier molecular flexibility index (Phi) is 2.68. The molecule has 6 heteroatoms. The number of nitrogens with zero attached hydrogens (tertiary/aromatic N) is 3. The second-order valence-electron chi connectivity index (χ2n) is 3.67.